The Hall–Kier alpha value is -3.55. The summed E-state index contributed by atoms with van der Waals surface area (Å²) in [6.07, 6.45) is 0.950. The van der Waals surface area contributed by atoms with Crippen molar-refractivity contribution in [3.05, 3.63) is 59.7 Å². The van der Waals surface area contributed by atoms with Crippen LogP contribution in [0.1, 0.15) is 44.4 Å². The van der Waals surface area contributed by atoms with Gasteiger partial charge in [-0.25, -0.2) is 10.2 Å². The van der Waals surface area contributed by atoms with Crippen LogP contribution in [0.2, 0.25) is 0 Å². The van der Waals surface area contributed by atoms with Crippen LogP contribution in [0.4, 0.5) is 4.79 Å². The molecule has 0 radical (unpaired) electrons. The van der Waals surface area contributed by atoms with E-state index in [9.17, 15) is 9.59 Å². The first kappa shape index (κ1) is 23.7. The minimum Gasteiger partial charge on any atom is -0.490 e. The number of hydrogen-bond acceptors (Lipinski definition) is 6. The van der Waals surface area contributed by atoms with Crippen LogP contribution in [0.15, 0.2) is 53.6 Å². The van der Waals surface area contributed by atoms with Gasteiger partial charge in [0.2, 0.25) is 5.91 Å². The van der Waals surface area contributed by atoms with Gasteiger partial charge in [-0.15, -0.1) is 0 Å². The van der Waals surface area contributed by atoms with Gasteiger partial charge < -0.3 is 19.5 Å². The van der Waals surface area contributed by atoms with E-state index < -0.39 is 12.1 Å². The van der Waals surface area contributed by atoms with Crippen molar-refractivity contribution in [2.24, 2.45) is 5.10 Å². The maximum atomic E-state index is 12.4. The normalized spacial score (nSPS) is 11.6. The Morgan fingerprint density at radius 2 is 1.68 bits per heavy atom. The van der Waals surface area contributed by atoms with E-state index in [0.717, 1.165) is 11.1 Å². The number of rotatable bonds is 11. The summed E-state index contributed by atoms with van der Waals surface area (Å²) in [6.45, 7) is 6.80. The van der Waals surface area contributed by atoms with Crippen LogP contribution in [0, 0.1) is 0 Å². The number of carbonyl (C=O) groups excluding carboxylic acids is 2. The summed E-state index contributed by atoms with van der Waals surface area (Å²) in [5.74, 6) is 0.918. The molecule has 31 heavy (non-hydrogen) atoms. The molecule has 0 unspecified atom stereocenters. The summed E-state index contributed by atoms with van der Waals surface area (Å²) < 4.78 is 16.1. The number of hydrogen-bond donors (Lipinski definition) is 2. The predicted molar refractivity (Wildman–Crippen MR) is 118 cm³/mol. The van der Waals surface area contributed by atoms with Gasteiger partial charge >= 0.3 is 6.09 Å². The smallest absolute Gasteiger partial charge is 0.407 e. The minimum atomic E-state index is -0.578. The fraction of sp³-hybridized carbons (Fsp3) is 0.348. The Bertz CT molecular complexity index is 871. The van der Waals surface area contributed by atoms with Gasteiger partial charge in [-0.05, 0) is 50.1 Å². The Labute approximate surface area is 182 Å². The van der Waals surface area contributed by atoms with Crippen LogP contribution in [0.3, 0.4) is 0 Å². The monoisotopic (exact) mass is 427 g/mol. The summed E-state index contributed by atoms with van der Waals surface area (Å²) in [6, 6.07) is 14.1. The molecular weight excluding hydrogens is 398 g/mol. The number of carbonyl (C=O) groups is 2. The van der Waals surface area contributed by atoms with Crippen molar-refractivity contribution in [1.29, 1.82) is 0 Å². The summed E-state index contributed by atoms with van der Waals surface area (Å²) in [4.78, 5) is 24.3. The second-order valence-corrected chi connectivity index (χ2v) is 6.40. The molecule has 0 fully saturated rings. The number of alkyl carbamates (subject to hydrolysis) is 1. The Morgan fingerprint density at radius 3 is 2.35 bits per heavy atom. The molecule has 2 rings (SSSR count). The molecule has 1 atom stereocenters. The van der Waals surface area contributed by atoms with Gasteiger partial charge in [-0.3, -0.25) is 4.79 Å². The van der Waals surface area contributed by atoms with E-state index in [0.29, 0.717) is 24.7 Å². The van der Waals surface area contributed by atoms with E-state index in [1.807, 2.05) is 50.2 Å². The fourth-order valence-electron chi connectivity index (χ4n) is 2.81. The number of nitrogens with one attached hydrogen (secondary N) is 2. The highest BCUT2D eigenvalue weighted by atomic mass is 16.5. The standard InChI is InChI=1S/C23H29N3O5/c1-4-29-20-13-12-17(14-21(20)30-5-2)16-24-26-22(27)15-19(25-23(28)31-6-3)18-10-8-7-9-11-18/h7-14,16,19H,4-6,15H2,1-3H3,(H,25,28)(H,26,27)/b24-16-/t19-/m1/s1. The topological polar surface area (TPSA) is 98.2 Å². The summed E-state index contributed by atoms with van der Waals surface area (Å²) >= 11 is 0. The lowest BCUT2D eigenvalue weighted by Gasteiger charge is -2.18. The van der Waals surface area contributed by atoms with E-state index in [1.54, 1.807) is 19.1 Å². The molecule has 0 spiro atoms. The first-order chi connectivity index (χ1) is 15.1. The van der Waals surface area contributed by atoms with Gasteiger partial charge in [0.05, 0.1) is 38.5 Å². The quantitative estimate of drug-likeness (QED) is 0.420. The molecule has 2 amide bonds. The van der Waals surface area contributed by atoms with Crippen molar-refractivity contribution < 1.29 is 23.8 Å². The van der Waals surface area contributed by atoms with E-state index in [2.05, 4.69) is 15.8 Å². The molecule has 2 aromatic rings. The molecule has 2 N–H and O–H groups in total. The predicted octanol–water partition coefficient (Wildman–Crippen LogP) is 3.81. The second kappa shape index (κ2) is 12.9. The Kier molecular flexibility index (Phi) is 9.87. The van der Waals surface area contributed by atoms with Gasteiger partial charge in [0.1, 0.15) is 0 Å². The molecule has 0 aliphatic heterocycles. The number of ether oxygens (including phenoxy) is 3. The molecule has 0 aliphatic carbocycles. The third-order valence-electron chi connectivity index (χ3n) is 4.13. The zero-order valence-electron chi connectivity index (χ0n) is 18.1. The summed E-state index contributed by atoms with van der Waals surface area (Å²) in [5.41, 5.74) is 4.03. The molecule has 0 heterocycles. The van der Waals surface area contributed by atoms with E-state index in [1.165, 1.54) is 6.21 Å². The SMILES string of the molecule is CCOC(=O)N[C@H](CC(=O)N/N=C\c1ccc(OCC)c(OCC)c1)c1ccccc1. The molecule has 0 aliphatic rings. The molecule has 8 heteroatoms. The van der Waals surface area contributed by atoms with E-state index in [-0.39, 0.29) is 18.9 Å². The highest BCUT2D eigenvalue weighted by Crippen LogP contribution is 2.28. The fourth-order valence-corrected chi connectivity index (χ4v) is 2.81. The highest BCUT2D eigenvalue weighted by molar-refractivity contribution is 5.83. The lowest BCUT2D eigenvalue weighted by molar-refractivity contribution is -0.121. The first-order valence-electron chi connectivity index (χ1n) is 10.3. The molecule has 0 aromatic heterocycles. The lowest BCUT2D eigenvalue weighted by Crippen LogP contribution is -2.33. The molecule has 0 bridgehead atoms. The Balaban J connectivity index is 2.01. The van der Waals surface area contributed by atoms with Crippen molar-refractivity contribution in [2.75, 3.05) is 19.8 Å². The molecule has 8 nitrogen and oxygen atoms in total. The zero-order chi connectivity index (χ0) is 22.5. The maximum absolute atomic E-state index is 12.4. The highest BCUT2D eigenvalue weighted by Gasteiger charge is 2.18. The van der Waals surface area contributed by atoms with Crippen LogP contribution in [0.25, 0.3) is 0 Å². The number of nitrogens with zero attached hydrogens (tertiary/aromatic N) is 1. The first-order valence-corrected chi connectivity index (χ1v) is 10.3. The summed E-state index contributed by atoms with van der Waals surface area (Å²) in [5, 5.41) is 6.72. The number of benzene rings is 2. The van der Waals surface area contributed by atoms with Gasteiger partial charge in [0.25, 0.3) is 0 Å². The minimum absolute atomic E-state index is 0.00758. The van der Waals surface area contributed by atoms with E-state index >= 15 is 0 Å². The molecule has 2 aromatic carbocycles. The van der Waals surface area contributed by atoms with Crippen molar-refractivity contribution in [1.82, 2.24) is 10.7 Å². The molecule has 166 valence electrons. The van der Waals surface area contributed by atoms with Crippen LogP contribution in [-0.4, -0.2) is 38.0 Å². The van der Waals surface area contributed by atoms with Gasteiger partial charge in [0, 0.05) is 0 Å². The third kappa shape index (κ3) is 8.00. The summed E-state index contributed by atoms with van der Waals surface area (Å²) in [7, 11) is 0. The van der Waals surface area contributed by atoms with Crippen LogP contribution >= 0.6 is 0 Å². The Morgan fingerprint density at radius 1 is 0.968 bits per heavy atom. The van der Waals surface area contributed by atoms with Crippen molar-refractivity contribution >= 4 is 18.2 Å². The molecule has 0 saturated heterocycles. The second-order valence-electron chi connectivity index (χ2n) is 6.40. The average molecular weight is 428 g/mol. The van der Waals surface area contributed by atoms with Crippen LogP contribution in [-0.2, 0) is 9.53 Å². The van der Waals surface area contributed by atoms with E-state index in [4.69, 9.17) is 14.2 Å². The van der Waals surface area contributed by atoms with Crippen LogP contribution < -0.4 is 20.2 Å². The van der Waals surface area contributed by atoms with Crippen LogP contribution in [0.5, 0.6) is 11.5 Å². The third-order valence-corrected chi connectivity index (χ3v) is 4.13. The number of hydrazone groups is 1. The van der Waals surface area contributed by atoms with Crippen molar-refractivity contribution in [3.63, 3.8) is 0 Å². The zero-order valence-corrected chi connectivity index (χ0v) is 18.1. The largest absolute Gasteiger partial charge is 0.490 e. The lowest BCUT2D eigenvalue weighted by atomic mass is 10.0. The molecule has 0 saturated carbocycles. The maximum Gasteiger partial charge on any atom is 0.407 e. The van der Waals surface area contributed by atoms with Gasteiger partial charge in [0.15, 0.2) is 11.5 Å². The van der Waals surface area contributed by atoms with Gasteiger partial charge in [-0.2, -0.15) is 5.10 Å². The van der Waals surface area contributed by atoms with Crippen molar-refractivity contribution in [3.8, 4) is 11.5 Å². The average Bonchev–Trinajstić information content (AvgIpc) is 2.76. The number of amides is 2. The molecular formula is C23H29N3O5. The van der Waals surface area contributed by atoms with Gasteiger partial charge in [-0.1, -0.05) is 30.3 Å². The van der Waals surface area contributed by atoms with Crippen molar-refractivity contribution in [2.45, 2.75) is 33.2 Å².